The number of amides is 2. The lowest BCUT2D eigenvalue weighted by molar-refractivity contribution is -0.140. The van der Waals surface area contributed by atoms with Gasteiger partial charge in [-0.2, -0.15) is 0 Å². The Bertz CT molecular complexity index is 1730. The Morgan fingerprint density at radius 2 is 1.58 bits per heavy atom. The molecule has 236 valence electrons. The van der Waals surface area contributed by atoms with Crippen LogP contribution >= 0.6 is 11.6 Å². The number of sulfonamides is 1. The molecule has 0 spiro atoms. The fraction of sp³-hybridized carbons (Fsp3) is 0.257. The van der Waals surface area contributed by atoms with Gasteiger partial charge in [-0.3, -0.25) is 13.9 Å². The smallest absolute Gasteiger partial charge is 0.264 e. The number of hydrogen-bond donors (Lipinski definition) is 1. The minimum atomic E-state index is -4.25. The lowest BCUT2D eigenvalue weighted by Crippen LogP contribution is -2.53. The van der Waals surface area contributed by atoms with Gasteiger partial charge in [-0.1, -0.05) is 83.9 Å². The van der Waals surface area contributed by atoms with Crippen molar-refractivity contribution in [2.45, 2.75) is 44.7 Å². The molecule has 8 nitrogen and oxygen atoms in total. The van der Waals surface area contributed by atoms with E-state index in [1.165, 1.54) is 30.2 Å². The van der Waals surface area contributed by atoms with E-state index in [0.717, 1.165) is 26.6 Å². The number of benzene rings is 4. The van der Waals surface area contributed by atoms with Gasteiger partial charge in [-0.25, -0.2) is 8.42 Å². The molecule has 0 heterocycles. The number of carbonyl (C=O) groups excluding carboxylic acids is 2. The molecule has 0 saturated heterocycles. The fourth-order valence-corrected chi connectivity index (χ4v) is 6.65. The Morgan fingerprint density at radius 1 is 0.911 bits per heavy atom. The van der Waals surface area contributed by atoms with Crippen LogP contribution in [0, 0.1) is 13.8 Å². The van der Waals surface area contributed by atoms with E-state index in [1.54, 1.807) is 24.3 Å². The first-order valence-corrected chi connectivity index (χ1v) is 16.5. The number of ether oxygens (including phenoxy) is 1. The van der Waals surface area contributed by atoms with E-state index >= 15 is 0 Å². The molecule has 0 bridgehead atoms. The van der Waals surface area contributed by atoms with Crippen LogP contribution in [0.4, 0.5) is 5.69 Å². The summed E-state index contributed by atoms with van der Waals surface area (Å²) in [5.41, 5.74) is 3.72. The molecule has 4 aromatic rings. The predicted molar refractivity (Wildman–Crippen MR) is 178 cm³/mol. The van der Waals surface area contributed by atoms with Crippen molar-refractivity contribution in [1.29, 1.82) is 0 Å². The van der Waals surface area contributed by atoms with E-state index in [1.807, 2.05) is 75.4 Å². The summed E-state index contributed by atoms with van der Waals surface area (Å²) in [4.78, 5) is 29.6. The first kappa shape index (κ1) is 33.6. The van der Waals surface area contributed by atoms with Gasteiger partial charge in [0, 0.05) is 19.5 Å². The highest BCUT2D eigenvalue weighted by atomic mass is 35.5. The van der Waals surface area contributed by atoms with Crippen LogP contribution in [0.2, 0.25) is 5.02 Å². The molecule has 0 unspecified atom stereocenters. The molecule has 0 aromatic heterocycles. The number of nitrogens with zero attached hydrogens (tertiary/aromatic N) is 2. The van der Waals surface area contributed by atoms with E-state index in [2.05, 4.69) is 5.32 Å². The van der Waals surface area contributed by atoms with Crippen LogP contribution in [0.1, 0.15) is 29.2 Å². The molecule has 2 amide bonds. The van der Waals surface area contributed by atoms with Crippen molar-refractivity contribution < 1.29 is 22.7 Å². The molecule has 0 radical (unpaired) electrons. The highest BCUT2D eigenvalue weighted by molar-refractivity contribution is 7.92. The summed E-state index contributed by atoms with van der Waals surface area (Å²) in [5.74, 6) is -0.517. The van der Waals surface area contributed by atoms with E-state index in [9.17, 15) is 18.0 Å². The van der Waals surface area contributed by atoms with Crippen LogP contribution in [0.3, 0.4) is 0 Å². The van der Waals surface area contributed by atoms with Crippen molar-refractivity contribution in [3.05, 3.63) is 124 Å². The lowest BCUT2D eigenvalue weighted by atomic mass is 10.0. The summed E-state index contributed by atoms with van der Waals surface area (Å²) in [7, 11) is -2.78. The molecule has 4 rings (SSSR count). The molecular formula is C35H38ClN3O5S. The Kier molecular flexibility index (Phi) is 11.3. The van der Waals surface area contributed by atoms with Gasteiger partial charge in [0.2, 0.25) is 11.8 Å². The zero-order valence-corrected chi connectivity index (χ0v) is 27.4. The SMILES string of the molecule is CCNC(=O)[C@H](Cc1ccccc1)N(Cc1ccccc1C)C(=O)CN(c1ccc(OC)c(Cl)c1)S(=O)(=O)c1ccc(C)cc1. The monoisotopic (exact) mass is 647 g/mol. The van der Waals surface area contributed by atoms with Crippen molar-refractivity contribution in [3.8, 4) is 5.75 Å². The van der Waals surface area contributed by atoms with Crippen LogP contribution in [-0.2, 0) is 32.6 Å². The highest BCUT2D eigenvalue weighted by Gasteiger charge is 2.35. The maximum Gasteiger partial charge on any atom is 0.264 e. The third kappa shape index (κ3) is 8.23. The summed E-state index contributed by atoms with van der Waals surface area (Å²) in [6.45, 7) is 5.50. The first-order chi connectivity index (χ1) is 21.5. The van der Waals surface area contributed by atoms with E-state index in [-0.39, 0.29) is 34.5 Å². The van der Waals surface area contributed by atoms with Gasteiger partial charge in [0.05, 0.1) is 22.7 Å². The van der Waals surface area contributed by atoms with Crippen LogP contribution < -0.4 is 14.4 Å². The summed E-state index contributed by atoms with van der Waals surface area (Å²) < 4.78 is 34.7. The molecule has 0 aliphatic rings. The van der Waals surface area contributed by atoms with Crippen molar-refractivity contribution in [1.82, 2.24) is 10.2 Å². The van der Waals surface area contributed by atoms with E-state index < -0.39 is 28.5 Å². The third-order valence-corrected chi connectivity index (χ3v) is 9.62. The van der Waals surface area contributed by atoms with Gasteiger partial charge < -0.3 is 15.0 Å². The lowest BCUT2D eigenvalue weighted by Gasteiger charge is -2.34. The number of likely N-dealkylation sites (N-methyl/N-ethyl adjacent to an activating group) is 1. The molecule has 0 fully saturated rings. The second-order valence-electron chi connectivity index (χ2n) is 10.7. The van der Waals surface area contributed by atoms with Gasteiger partial charge in [-0.15, -0.1) is 0 Å². The Balaban J connectivity index is 1.83. The minimum Gasteiger partial charge on any atom is -0.495 e. The number of carbonyl (C=O) groups is 2. The zero-order chi connectivity index (χ0) is 32.6. The standard InChI is InChI=1S/C35H38ClN3O5S/c1-5-37-35(41)32(21-27-12-7-6-8-13-27)38(23-28-14-10-9-11-26(28)3)34(40)24-39(29-17-20-33(44-4)31(36)22-29)45(42,43)30-18-15-25(2)16-19-30/h6-20,22,32H,5,21,23-24H2,1-4H3,(H,37,41)/t32-/m0/s1. The molecule has 45 heavy (non-hydrogen) atoms. The van der Waals surface area contributed by atoms with Gasteiger partial charge in [0.25, 0.3) is 10.0 Å². The molecule has 1 atom stereocenters. The summed E-state index contributed by atoms with van der Waals surface area (Å²) in [6, 6.07) is 27.1. The number of methoxy groups -OCH3 is 1. The van der Waals surface area contributed by atoms with E-state index in [0.29, 0.717) is 12.3 Å². The fourth-order valence-electron chi connectivity index (χ4n) is 4.99. The summed E-state index contributed by atoms with van der Waals surface area (Å²) in [6.07, 6.45) is 0.239. The predicted octanol–water partition coefficient (Wildman–Crippen LogP) is 5.94. The summed E-state index contributed by atoms with van der Waals surface area (Å²) in [5, 5.41) is 3.06. The molecule has 4 aromatic carbocycles. The molecule has 0 aliphatic heterocycles. The van der Waals surface area contributed by atoms with Crippen molar-refractivity contribution >= 4 is 39.1 Å². The van der Waals surface area contributed by atoms with Crippen molar-refractivity contribution in [2.75, 3.05) is 24.5 Å². The second kappa shape index (κ2) is 15.1. The first-order valence-electron chi connectivity index (χ1n) is 14.6. The quantitative estimate of drug-likeness (QED) is 0.194. The van der Waals surface area contributed by atoms with Crippen LogP contribution in [-0.4, -0.2) is 51.4 Å². The van der Waals surface area contributed by atoms with E-state index in [4.69, 9.17) is 16.3 Å². The molecular weight excluding hydrogens is 610 g/mol. The van der Waals surface area contributed by atoms with Crippen molar-refractivity contribution in [2.24, 2.45) is 0 Å². The minimum absolute atomic E-state index is 0.0165. The van der Waals surface area contributed by atoms with Gasteiger partial charge in [0.15, 0.2) is 0 Å². The van der Waals surface area contributed by atoms with Crippen LogP contribution in [0.25, 0.3) is 0 Å². The third-order valence-electron chi connectivity index (χ3n) is 7.54. The Morgan fingerprint density at radius 3 is 2.20 bits per heavy atom. The maximum atomic E-state index is 14.5. The topological polar surface area (TPSA) is 96.0 Å². The largest absolute Gasteiger partial charge is 0.495 e. The van der Waals surface area contributed by atoms with Gasteiger partial charge in [-0.05, 0) is 67.8 Å². The Hall–Kier alpha value is -4.34. The Labute approximate surface area is 270 Å². The molecule has 10 heteroatoms. The van der Waals surface area contributed by atoms with Gasteiger partial charge in [0.1, 0.15) is 18.3 Å². The normalized spacial score (nSPS) is 11.8. The number of rotatable bonds is 13. The second-order valence-corrected chi connectivity index (χ2v) is 13.0. The highest BCUT2D eigenvalue weighted by Crippen LogP contribution is 2.32. The molecule has 0 aliphatic carbocycles. The zero-order valence-electron chi connectivity index (χ0n) is 25.9. The average molecular weight is 648 g/mol. The molecule has 1 N–H and O–H groups in total. The number of hydrogen-bond acceptors (Lipinski definition) is 5. The number of halogens is 1. The average Bonchev–Trinajstić information content (AvgIpc) is 3.03. The van der Waals surface area contributed by atoms with Crippen LogP contribution in [0.15, 0.2) is 102 Å². The van der Waals surface area contributed by atoms with Crippen molar-refractivity contribution in [3.63, 3.8) is 0 Å². The van der Waals surface area contributed by atoms with Gasteiger partial charge >= 0.3 is 0 Å². The molecule has 0 saturated carbocycles. The number of nitrogens with one attached hydrogen (secondary N) is 1. The maximum absolute atomic E-state index is 14.5. The number of aryl methyl sites for hydroxylation is 2. The number of anilines is 1. The summed E-state index contributed by atoms with van der Waals surface area (Å²) >= 11 is 6.44. The van der Waals surface area contributed by atoms with Crippen LogP contribution in [0.5, 0.6) is 5.75 Å².